The van der Waals surface area contributed by atoms with Crippen molar-refractivity contribution in [1.82, 2.24) is 9.88 Å². The van der Waals surface area contributed by atoms with E-state index in [1.54, 1.807) is 40.9 Å². The van der Waals surface area contributed by atoms with E-state index < -0.39 is 21.7 Å². The molecule has 6 rings (SSSR count). The van der Waals surface area contributed by atoms with Crippen LogP contribution in [0.15, 0.2) is 77.7 Å². The Bertz CT molecular complexity index is 1800. The summed E-state index contributed by atoms with van der Waals surface area (Å²) in [6.45, 7) is 4.81. The van der Waals surface area contributed by atoms with E-state index in [-0.39, 0.29) is 28.6 Å². The number of rotatable bonds is 7. The van der Waals surface area contributed by atoms with E-state index in [2.05, 4.69) is 21.9 Å². The van der Waals surface area contributed by atoms with E-state index in [1.807, 2.05) is 24.3 Å². The summed E-state index contributed by atoms with van der Waals surface area (Å²) in [5.74, 6) is -0.978. The van der Waals surface area contributed by atoms with E-state index in [0.717, 1.165) is 59.0 Å². The topological polar surface area (TPSA) is 91.4 Å². The normalized spacial score (nSPS) is 13.4. The summed E-state index contributed by atoms with van der Waals surface area (Å²) in [5, 5.41) is 4.63. The van der Waals surface area contributed by atoms with Gasteiger partial charge in [0.05, 0.1) is 26.4 Å². The van der Waals surface area contributed by atoms with Gasteiger partial charge in [-0.15, -0.1) is 35.1 Å². The van der Waals surface area contributed by atoms with Crippen molar-refractivity contribution in [3.05, 3.63) is 94.6 Å². The lowest BCUT2D eigenvalue weighted by Gasteiger charge is -2.25. The molecule has 2 N–H and O–H groups in total. The van der Waals surface area contributed by atoms with Gasteiger partial charge in [-0.2, -0.15) is 0 Å². The molecule has 41 heavy (non-hydrogen) atoms. The molecule has 0 unspecified atom stereocenters. The zero-order chi connectivity index (χ0) is 27.9. The Hall–Kier alpha value is -3.35. The monoisotopic (exact) mass is 628 g/mol. The third-order valence-corrected chi connectivity index (χ3v) is 10.4. The number of nitrogens with one attached hydrogen (secondary N) is 2. The molecule has 0 atom stereocenters. The fourth-order valence-electron chi connectivity index (χ4n) is 4.78. The Morgan fingerprint density at radius 1 is 1.02 bits per heavy atom. The minimum Gasteiger partial charge on any atom is -0.313 e. The largest absolute Gasteiger partial charge is 0.313 e. The van der Waals surface area contributed by atoms with Crippen LogP contribution in [0.1, 0.15) is 27.7 Å². The second-order valence-electron chi connectivity index (χ2n) is 9.37. The number of sulfonamides is 1. The van der Waals surface area contributed by atoms with Crippen LogP contribution in [0.25, 0.3) is 20.8 Å². The summed E-state index contributed by atoms with van der Waals surface area (Å²) in [6.07, 6.45) is 0.856. The summed E-state index contributed by atoms with van der Waals surface area (Å²) in [5.41, 5.74) is 3.35. The molecule has 0 spiro atoms. The summed E-state index contributed by atoms with van der Waals surface area (Å²) in [4.78, 5) is 22.0. The van der Waals surface area contributed by atoms with Crippen LogP contribution in [0.2, 0.25) is 0 Å². The first kappa shape index (κ1) is 29.2. The predicted octanol–water partition coefficient (Wildman–Crippen LogP) is 7.02. The smallest absolute Gasteiger partial charge is 0.261 e. The van der Waals surface area contributed by atoms with E-state index in [1.165, 1.54) is 28.6 Å². The van der Waals surface area contributed by atoms with Crippen molar-refractivity contribution in [1.29, 1.82) is 0 Å². The number of anilines is 2. The van der Waals surface area contributed by atoms with Crippen LogP contribution in [0.3, 0.4) is 0 Å². The molecule has 0 aliphatic carbocycles. The van der Waals surface area contributed by atoms with Crippen molar-refractivity contribution >= 4 is 71.9 Å². The van der Waals surface area contributed by atoms with Gasteiger partial charge in [0.15, 0.2) is 0 Å². The number of halogens is 2. The maximum Gasteiger partial charge on any atom is 0.261 e. The number of hydrogen-bond donors (Lipinski definition) is 2. The number of amides is 1. The molecule has 0 saturated heterocycles. The lowest BCUT2D eigenvalue weighted by molar-refractivity contribution is 0.102. The van der Waals surface area contributed by atoms with E-state index >= 15 is 0 Å². The first-order chi connectivity index (χ1) is 19.3. The summed E-state index contributed by atoms with van der Waals surface area (Å²) < 4.78 is 42.9. The maximum absolute atomic E-state index is 13.7. The van der Waals surface area contributed by atoms with Gasteiger partial charge in [-0.3, -0.25) is 14.4 Å². The zero-order valence-corrected chi connectivity index (χ0v) is 25.2. The van der Waals surface area contributed by atoms with Gasteiger partial charge >= 0.3 is 0 Å². The number of para-hydroxylation sites is 2. The minimum atomic E-state index is -4.04. The van der Waals surface area contributed by atoms with Gasteiger partial charge in [-0.1, -0.05) is 31.2 Å². The average Bonchev–Trinajstić information content (AvgIpc) is 3.53. The standard InChI is InChI=1S/C29H25FN4O3S3.ClH/c1-2-34-16-15-21-25(17-34)39-29(26(21)28-31-23-9-5-6-10-24(23)38-28)32-27(35)20-7-3-4-8-22(20)33-40(36,37)19-13-11-18(30)12-14-19;/h3-14,33H,2,15-17H2,1H3,(H,32,35);1H. The van der Waals surface area contributed by atoms with Crippen molar-refractivity contribution in [2.45, 2.75) is 24.8 Å². The number of thiazole rings is 1. The third kappa shape index (κ3) is 5.86. The Labute approximate surface area is 251 Å². The Kier molecular flexibility index (Phi) is 8.44. The number of hydrogen-bond acceptors (Lipinski definition) is 7. The predicted molar refractivity (Wildman–Crippen MR) is 166 cm³/mol. The van der Waals surface area contributed by atoms with Crippen LogP contribution in [0.4, 0.5) is 15.1 Å². The molecular weight excluding hydrogens is 603 g/mol. The first-order valence-corrected chi connectivity index (χ1v) is 15.9. The summed E-state index contributed by atoms with van der Waals surface area (Å²) in [6, 6.07) is 18.9. The average molecular weight is 629 g/mol. The van der Waals surface area contributed by atoms with Crippen LogP contribution < -0.4 is 10.0 Å². The summed E-state index contributed by atoms with van der Waals surface area (Å²) >= 11 is 3.14. The van der Waals surface area contributed by atoms with E-state index in [9.17, 15) is 17.6 Å². The first-order valence-electron chi connectivity index (χ1n) is 12.7. The molecule has 3 heterocycles. The number of likely N-dealkylation sites (N-methyl/N-ethyl adjacent to an activating group) is 1. The van der Waals surface area contributed by atoms with Crippen LogP contribution in [0, 0.1) is 5.82 Å². The van der Waals surface area contributed by atoms with Crippen molar-refractivity contribution in [2.24, 2.45) is 0 Å². The van der Waals surface area contributed by atoms with Gasteiger partial charge < -0.3 is 5.32 Å². The van der Waals surface area contributed by atoms with Gasteiger partial charge in [0, 0.05) is 23.5 Å². The maximum atomic E-state index is 13.7. The molecule has 0 bridgehead atoms. The van der Waals surface area contributed by atoms with Crippen LogP contribution in [-0.2, 0) is 23.0 Å². The molecule has 2 aromatic heterocycles. The third-order valence-electron chi connectivity index (χ3n) is 6.86. The van der Waals surface area contributed by atoms with Crippen LogP contribution in [0.5, 0.6) is 0 Å². The number of carbonyl (C=O) groups is 1. The highest BCUT2D eigenvalue weighted by molar-refractivity contribution is 7.92. The minimum absolute atomic E-state index is 0. The van der Waals surface area contributed by atoms with Gasteiger partial charge in [0.25, 0.3) is 15.9 Å². The van der Waals surface area contributed by atoms with Gasteiger partial charge in [0.1, 0.15) is 15.8 Å². The fourth-order valence-corrected chi connectivity index (χ4v) is 8.25. The lowest BCUT2D eigenvalue weighted by atomic mass is 10.0. The van der Waals surface area contributed by atoms with Crippen LogP contribution in [-0.4, -0.2) is 37.3 Å². The molecule has 0 saturated carbocycles. The highest BCUT2D eigenvalue weighted by Crippen LogP contribution is 2.46. The summed E-state index contributed by atoms with van der Waals surface area (Å²) in [7, 11) is -4.04. The quantitative estimate of drug-likeness (QED) is 0.202. The van der Waals surface area contributed by atoms with E-state index in [4.69, 9.17) is 4.98 Å². The molecule has 7 nitrogen and oxygen atoms in total. The Balaban J connectivity index is 0.00000337. The molecule has 1 amide bonds. The molecule has 12 heteroatoms. The Morgan fingerprint density at radius 2 is 1.76 bits per heavy atom. The number of fused-ring (bicyclic) bond motifs is 2. The Morgan fingerprint density at radius 3 is 2.51 bits per heavy atom. The SMILES string of the molecule is CCN1CCc2c(sc(NC(=O)c3ccccc3NS(=O)(=O)c3ccc(F)cc3)c2-c2nc3ccccc3s2)C1.Cl. The number of thiophene rings is 1. The second kappa shape index (κ2) is 11.9. The van der Waals surface area contributed by atoms with Gasteiger partial charge in [0.2, 0.25) is 0 Å². The molecule has 1 aliphatic rings. The highest BCUT2D eigenvalue weighted by atomic mass is 35.5. The van der Waals surface area contributed by atoms with Crippen molar-refractivity contribution in [2.75, 3.05) is 23.1 Å². The highest BCUT2D eigenvalue weighted by Gasteiger charge is 2.28. The number of carbonyl (C=O) groups excluding carboxylic acids is 1. The number of benzene rings is 3. The van der Waals surface area contributed by atoms with Crippen molar-refractivity contribution in [3.63, 3.8) is 0 Å². The molecule has 0 fully saturated rings. The molecule has 5 aromatic rings. The molecule has 3 aromatic carbocycles. The zero-order valence-electron chi connectivity index (χ0n) is 21.9. The fraction of sp³-hybridized carbons (Fsp3) is 0.172. The van der Waals surface area contributed by atoms with E-state index in [0.29, 0.717) is 5.00 Å². The van der Waals surface area contributed by atoms with Gasteiger partial charge in [-0.05, 0) is 67.1 Å². The lowest BCUT2D eigenvalue weighted by Crippen LogP contribution is -2.29. The molecular formula is C29H26ClFN4O3S3. The van der Waals surface area contributed by atoms with Crippen molar-refractivity contribution < 1.29 is 17.6 Å². The molecule has 1 aliphatic heterocycles. The molecule has 212 valence electrons. The molecule has 0 radical (unpaired) electrons. The van der Waals surface area contributed by atoms with Crippen LogP contribution >= 0.6 is 35.1 Å². The number of nitrogens with zero attached hydrogens (tertiary/aromatic N) is 2. The van der Waals surface area contributed by atoms with Crippen molar-refractivity contribution in [3.8, 4) is 10.6 Å². The second-order valence-corrected chi connectivity index (χ2v) is 13.2. The van der Waals surface area contributed by atoms with Gasteiger partial charge in [-0.25, -0.2) is 17.8 Å². The number of aromatic nitrogens is 1.